The van der Waals surface area contributed by atoms with Gasteiger partial charge in [-0.1, -0.05) is 43.0 Å². The van der Waals surface area contributed by atoms with Crippen LogP contribution in [0.1, 0.15) is 39.0 Å². The van der Waals surface area contributed by atoms with Crippen LogP contribution in [0.3, 0.4) is 0 Å². The molecule has 0 unspecified atom stereocenters. The molecule has 2 N–H and O–H groups in total. The van der Waals surface area contributed by atoms with E-state index < -0.39 is 5.41 Å². The van der Waals surface area contributed by atoms with E-state index in [2.05, 4.69) is 17.6 Å². The number of hydrogen-bond donors (Lipinski definition) is 2. The summed E-state index contributed by atoms with van der Waals surface area (Å²) in [6.45, 7) is 2.71. The second-order valence-corrected chi connectivity index (χ2v) is 6.47. The van der Waals surface area contributed by atoms with Crippen LogP contribution in [-0.4, -0.2) is 18.4 Å². The number of amides is 2. The van der Waals surface area contributed by atoms with Crippen LogP contribution in [0.5, 0.6) is 0 Å². The number of halogens is 2. The van der Waals surface area contributed by atoms with E-state index in [0.717, 1.165) is 19.3 Å². The summed E-state index contributed by atoms with van der Waals surface area (Å²) in [4.78, 5) is 24.7. The van der Waals surface area contributed by atoms with Crippen LogP contribution in [0.15, 0.2) is 18.2 Å². The lowest BCUT2D eigenvalue weighted by Gasteiger charge is -2.16. The number of unbranched alkanes of at least 4 members (excludes halogenated alkanes) is 2. The van der Waals surface area contributed by atoms with Crippen LogP contribution < -0.4 is 10.6 Å². The lowest BCUT2D eigenvalue weighted by Crippen LogP contribution is -2.40. The van der Waals surface area contributed by atoms with Gasteiger partial charge in [0.05, 0.1) is 10.7 Å². The zero-order chi connectivity index (χ0) is 16.2. The summed E-state index contributed by atoms with van der Waals surface area (Å²) in [5.41, 5.74) is -0.512. The minimum absolute atomic E-state index is 0.195. The molecule has 0 atom stereocenters. The SMILES string of the molecule is CCCCCNC(=O)C1(C(=O)Nc2cc(Cl)ccc2Cl)CC1. The van der Waals surface area contributed by atoms with Gasteiger partial charge in [-0.3, -0.25) is 9.59 Å². The fourth-order valence-corrected chi connectivity index (χ4v) is 2.60. The maximum atomic E-state index is 12.4. The van der Waals surface area contributed by atoms with Gasteiger partial charge in [-0.25, -0.2) is 0 Å². The van der Waals surface area contributed by atoms with Crippen LogP contribution in [0.25, 0.3) is 0 Å². The summed E-state index contributed by atoms with van der Waals surface area (Å²) >= 11 is 11.9. The highest BCUT2D eigenvalue weighted by molar-refractivity contribution is 6.36. The number of hydrogen-bond acceptors (Lipinski definition) is 2. The molecule has 1 aromatic rings. The van der Waals surface area contributed by atoms with E-state index in [-0.39, 0.29) is 11.8 Å². The lowest BCUT2D eigenvalue weighted by atomic mass is 10.0. The Balaban J connectivity index is 1.96. The first-order valence-electron chi connectivity index (χ1n) is 7.54. The second kappa shape index (κ2) is 7.34. The molecule has 0 aromatic heterocycles. The smallest absolute Gasteiger partial charge is 0.240 e. The third-order valence-electron chi connectivity index (χ3n) is 3.86. The zero-order valence-corrected chi connectivity index (χ0v) is 14.1. The lowest BCUT2D eigenvalue weighted by molar-refractivity contribution is -0.134. The van der Waals surface area contributed by atoms with Crippen molar-refractivity contribution >= 4 is 40.7 Å². The molecule has 0 heterocycles. The van der Waals surface area contributed by atoms with Gasteiger partial charge >= 0.3 is 0 Å². The Bertz CT molecular complexity index is 571. The molecule has 22 heavy (non-hydrogen) atoms. The first-order chi connectivity index (χ1) is 10.5. The summed E-state index contributed by atoms with van der Waals surface area (Å²) in [6.07, 6.45) is 4.22. The van der Waals surface area contributed by atoms with E-state index in [1.807, 2.05) is 0 Å². The number of benzene rings is 1. The van der Waals surface area contributed by atoms with Gasteiger partial charge in [-0.2, -0.15) is 0 Å². The van der Waals surface area contributed by atoms with Crippen molar-refractivity contribution < 1.29 is 9.59 Å². The molecule has 0 radical (unpaired) electrons. The first-order valence-corrected chi connectivity index (χ1v) is 8.30. The van der Waals surface area contributed by atoms with Crippen molar-refractivity contribution in [1.29, 1.82) is 0 Å². The quantitative estimate of drug-likeness (QED) is 0.580. The Morgan fingerprint density at radius 3 is 2.55 bits per heavy atom. The predicted molar refractivity (Wildman–Crippen MR) is 89.3 cm³/mol. The molecule has 0 bridgehead atoms. The molecule has 1 aliphatic rings. The van der Waals surface area contributed by atoms with Crippen LogP contribution in [0.2, 0.25) is 10.0 Å². The number of carbonyl (C=O) groups excluding carboxylic acids is 2. The van der Waals surface area contributed by atoms with Crippen molar-refractivity contribution in [2.24, 2.45) is 5.41 Å². The van der Waals surface area contributed by atoms with Gasteiger partial charge in [-0.05, 0) is 37.5 Å². The molecule has 0 aliphatic heterocycles. The highest BCUT2D eigenvalue weighted by atomic mass is 35.5. The van der Waals surface area contributed by atoms with E-state index in [1.165, 1.54) is 0 Å². The van der Waals surface area contributed by atoms with Crippen LogP contribution in [0.4, 0.5) is 5.69 Å². The number of anilines is 1. The molecule has 0 saturated heterocycles. The average molecular weight is 343 g/mol. The maximum Gasteiger partial charge on any atom is 0.240 e. The molecular weight excluding hydrogens is 323 g/mol. The summed E-state index contributed by atoms with van der Waals surface area (Å²) in [6, 6.07) is 4.84. The summed E-state index contributed by atoms with van der Waals surface area (Å²) < 4.78 is 0. The minimum atomic E-state index is -0.947. The van der Waals surface area contributed by atoms with Crippen molar-refractivity contribution in [2.75, 3.05) is 11.9 Å². The normalized spacial score (nSPS) is 15.2. The Morgan fingerprint density at radius 2 is 1.91 bits per heavy atom. The fraction of sp³-hybridized carbons (Fsp3) is 0.500. The van der Waals surface area contributed by atoms with Gasteiger partial charge in [0.15, 0.2) is 0 Å². The Kier molecular flexibility index (Phi) is 5.70. The molecule has 2 rings (SSSR count). The van der Waals surface area contributed by atoms with E-state index in [9.17, 15) is 9.59 Å². The van der Waals surface area contributed by atoms with Crippen molar-refractivity contribution in [2.45, 2.75) is 39.0 Å². The summed E-state index contributed by atoms with van der Waals surface area (Å²) in [5.74, 6) is -0.510. The van der Waals surface area contributed by atoms with Gasteiger partial charge in [0, 0.05) is 11.6 Å². The monoisotopic (exact) mass is 342 g/mol. The van der Waals surface area contributed by atoms with E-state index in [1.54, 1.807) is 18.2 Å². The van der Waals surface area contributed by atoms with E-state index in [4.69, 9.17) is 23.2 Å². The van der Waals surface area contributed by atoms with E-state index >= 15 is 0 Å². The molecule has 4 nitrogen and oxygen atoms in total. The molecule has 2 amide bonds. The first kappa shape index (κ1) is 17.1. The highest BCUT2D eigenvalue weighted by Crippen LogP contribution is 2.47. The molecule has 0 spiro atoms. The standard InChI is InChI=1S/C16H20Cl2N2O2/c1-2-3-4-9-19-14(21)16(7-8-16)15(22)20-13-10-11(17)5-6-12(13)18/h5-6,10H,2-4,7-9H2,1H3,(H,19,21)(H,20,22). The Hall–Kier alpha value is -1.26. The van der Waals surface area contributed by atoms with Crippen molar-refractivity contribution in [3.8, 4) is 0 Å². The predicted octanol–water partition coefficient (Wildman–Crippen LogP) is 4.02. The Labute approximate surface area is 140 Å². The topological polar surface area (TPSA) is 58.2 Å². The third kappa shape index (κ3) is 3.93. The van der Waals surface area contributed by atoms with Crippen molar-refractivity contribution in [3.05, 3.63) is 28.2 Å². The van der Waals surface area contributed by atoms with Gasteiger partial charge in [-0.15, -0.1) is 0 Å². The molecule has 6 heteroatoms. The average Bonchev–Trinajstić information content (AvgIpc) is 3.29. The Morgan fingerprint density at radius 1 is 1.18 bits per heavy atom. The number of carbonyl (C=O) groups is 2. The highest BCUT2D eigenvalue weighted by Gasteiger charge is 2.56. The minimum Gasteiger partial charge on any atom is -0.355 e. The largest absolute Gasteiger partial charge is 0.355 e. The zero-order valence-electron chi connectivity index (χ0n) is 12.5. The molecule has 1 saturated carbocycles. The van der Waals surface area contributed by atoms with Crippen molar-refractivity contribution in [1.82, 2.24) is 5.32 Å². The van der Waals surface area contributed by atoms with Crippen molar-refractivity contribution in [3.63, 3.8) is 0 Å². The molecule has 120 valence electrons. The fourth-order valence-electron chi connectivity index (χ4n) is 2.26. The molecule has 1 fully saturated rings. The number of rotatable bonds is 7. The van der Waals surface area contributed by atoms with Gasteiger partial charge in [0.2, 0.25) is 11.8 Å². The van der Waals surface area contributed by atoms with Crippen LogP contribution >= 0.6 is 23.2 Å². The third-order valence-corrected chi connectivity index (χ3v) is 4.43. The van der Waals surface area contributed by atoms with E-state index in [0.29, 0.717) is 35.1 Å². The summed E-state index contributed by atoms with van der Waals surface area (Å²) in [5, 5.41) is 6.45. The number of nitrogens with one attached hydrogen (secondary N) is 2. The summed E-state index contributed by atoms with van der Waals surface area (Å²) in [7, 11) is 0. The van der Waals surface area contributed by atoms with Gasteiger partial charge in [0.1, 0.15) is 5.41 Å². The molecule has 1 aliphatic carbocycles. The molecule has 1 aromatic carbocycles. The van der Waals surface area contributed by atoms with Gasteiger partial charge in [0.25, 0.3) is 0 Å². The van der Waals surface area contributed by atoms with Crippen LogP contribution in [-0.2, 0) is 9.59 Å². The van der Waals surface area contributed by atoms with Gasteiger partial charge < -0.3 is 10.6 Å². The molecular formula is C16H20Cl2N2O2. The second-order valence-electron chi connectivity index (χ2n) is 5.62. The van der Waals surface area contributed by atoms with Crippen LogP contribution in [0, 0.1) is 5.41 Å². The maximum absolute atomic E-state index is 12.4.